The third kappa shape index (κ3) is 2.65. The number of aromatic hydroxyl groups is 1. The number of hydrogen-bond acceptors (Lipinski definition) is 5. The summed E-state index contributed by atoms with van der Waals surface area (Å²) in [5.74, 6) is 2.07. The first-order chi connectivity index (χ1) is 10.1. The van der Waals surface area contributed by atoms with E-state index in [0.717, 1.165) is 37.2 Å². The molecule has 3 rings (SSSR count). The first kappa shape index (κ1) is 14.1. The summed E-state index contributed by atoms with van der Waals surface area (Å²) in [6.45, 7) is 2.80. The van der Waals surface area contributed by atoms with Crippen LogP contribution >= 0.6 is 0 Å². The summed E-state index contributed by atoms with van der Waals surface area (Å²) in [6.07, 6.45) is 4.26. The lowest BCUT2D eigenvalue weighted by Crippen LogP contribution is -2.39. The van der Waals surface area contributed by atoms with Crippen molar-refractivity contribution >= 4 is 0 Å². The van der Waals surface area contributed by atoms with E-state index < -0.39 is 0 Å². The summed E-state index contributed by atoms with van der Waals surface area (Å²) in [7, 11) is 0. The molecule has 0 radical (unpaired) electrons. The average Bonchev–Trinajstić information content (AvgIpc) is 2.99. The van der Waals surface area contributed by atoms with Crippen molar-refractivity contribution < 1.29 is 9.63 Å². The van der Waals surface area contributed by atoms with Crippen LogP contribution in [0.3, 0.4) is 0 Å². The van der Waals surface area contributed by atoms with Crippen LogP contribution in [0.4, 0.5) is 0 Å². The minimum Gasteiger partial charge on any atom is -0.508 e. The van der Waals surface area contributed by atoms with Gasteiger partial charge in [0, 0.05) is 12.1 Å². The third-order valence-corrected chi connectivity index (χ3v) is 4.61. The van der Waals surface area contributed by atoms with Crippen molar-refractivity contribution in [2.45, 2.75) is 38.0 Å². The highest BCUT2D eigenvalue weighted by molar-refractivity contribution is 5.56. The number of phenolic OH excluding ortho intramolecular Hbond substituents is 1. The molecule has 1 aromatic heterocycles. The molecule has 0 amide bonds. The summed E-state index contributed by atoms with van der Waals surface area (Å²) in [5, 5.41) is 13.6. The Hall–Kier alpha value is -1.88. The molecule has 5 nitrogen and oxygen atoms in total. The van der Waals surface area contributed by atoms with Crippen LogP contribution in [0.5, 0.6) is 5.75 Å². The Balaban J connectivity index is 1.90. The highest BCUT2D eigenvalue weighted by Crippen LogP contribution is 2.40. The average molecular weight is 287 g/mol. The van der Waals surface area contributed by atoms with Crippen LogP contribution in [0, 0.1) is 5.92 Å². The maximum atomic E-state index is 9.55. The summed E-state index contributed by atoms with van der Waals surface area (Å²) < 4.78 is 5.51. The zero-order valence-corrected chi connectivity index (χ0v) is 12.2. The fourth-order valence-electron chi connectivity index (χ4n) is 3.02. The quantitative estimate of drug-likeness (QED) is 0.906. The maximum absolute atomic E-state index is 9.55. The fraction of sp³-hybridized carbons (Fsp3) is 0.500. The second-order valence-electron chi connectivity index (χ2n) is 6.14. The van der Waals surface area contributed by atoms with Crippen molar-refractivity contribution in [3.63, 3.8) is 0 Å². The highest BCUT2D eigenvalue weighted by Gasteiger charge is 2.39. The zero-order chi connectivity index (χ0) is 14.9. The Labute approximate surface area is 124 Å². The van der Waals surface area contributed by atoms with E-state index in [-0.39, 0.29) is 11.2 Å². The summed E-state index contributed by atoms with van der Waals surface area (Å²) in [6, 6.07) is 6.87. The molecule has 21 heavy (non-hydrogen) atoms. The molecule has 0 bridgehead atoms. The van der Waals surface area contributed by atoms with Crippen LogP contribution in [0.25, 0.3) is 11.4 Å². The number of nitrogens with two attached hydrogens (primary N) is 1. The SMILES string of the molecule is CC1CCC(CN)(c2nc(-c3cccc(O)c3)no2)CC1. The van der Waals surface area contributed by atoms with Gasteiger partial charge in [0.1, 0.15) is 5.75 Å². The van der Waals surface area contributed by atoms with E-state index in [2.05, 4.69) is 17.1 Å². The van der Waals surface area contributed by atoms with Gasteiger partial charge in [-0.15, -0.1) is 0 Å². The topological polar surface area (TPSA) is 85.2 Å². The third-order valence-electron chi connectivity index (χ3n) is 4.61. The van der Waals surface area contributed by atoms with Gasteiger partial charge in [0.05, 0.1) is 5.41 Å². The van der Waals surface area contributed by atoms with Crippen LogP contribution in [0.15, 0.2) is 28.8 Å². The van der Waals surface area contributed by atoms with Crippen molar-refractivity contribution in [1.29, 1.82) is 0 Å². The first-order valence-corrected chi connectivity index (χ1v) is 7.47. The molecule has 1 saturated carbocycles. The smallest absolute Gasteiger partial charge is 0.234 e. The van der Waals surface area contributed by atoms with Gasteiger partial charge in [-0.2, -0.15) is 4.98 Å². The van der Waals surface area contributed by atoms with Gasteiger partial charge >= 0.3 is 0 Å². The number of nitrogens with zero attached hydrogens (tertiary/aromatic N) is 2. The minimum absolute atomic E-state index is 0.186. The summed E-state index contributed by atoms with van der Waals surface area (Å²) in [5.41, 5.74) is 6.59. The standard InChI is InChI=1S/C16H21N3O2/c1-11-5-7-16(10-17,8-6-11)15-18-14(19-21-15)12-3-2-4-13(20)9-12/h2-4,9,11,20H,5-8,10,17H2,1H3. The van der Waals surface area contributed by atoms with Crippen LogP contribution < -0.4 is 5.73 Å². The lowest BCUT2D eigenvalue weighted by atomic mass is 9.71. The molecule has 5 heteroatoms. The number of aromatic nitrogens is 2. The summed E-state index contributed by atoms with van der Waals surface area (Å²) in [4.78, 5) is 4.54. The van der Waals surface area contributed by atoms with Gasteiger partial charge in [0.2, 0.25) is 11.7 Å². The second-order valence-corrected chi connectivity index (χ2v) is 6.14. The van der Waals surface area contributed by atoms with Gasteiger partial charge in [0.15, 0.2) is 0 Å². The number of benzene rings is 1. The van der Waals surface area contributed by atoms with Gasteiger partial charge in [-0.05, 0) is 43.7 Å². The van der Waals surface area contributed by atoms with E-state index in [0.29, 0.717) is 18.3 Å². The van der Waals surface area contributed by atoms with Gasteiger partial charge in [-0.1, -0.05) is 24.2 Å². The Morgan fingerprint density at radius 2 is 2.14 bits per heavy atom. The number of rotatable bonds is 3. The van der Waals surface area contributed by atoms with Crippen LogP contribution in [-0.4, -0.2) is 21.8 Å². The lowest BCUT2D eigenvalue weighted by Gasteiger charge is -2.35. The van der Waals surface area contributed by atoms with Crippen LogP contribution in [-0.2, 0) is 5.41 Å². The molecule has 1 aliphatic rings. The van der Waals surface area contributed by atoms with Crippen molar-refractivity contribution in [2.24, 2.45) is 11.7 Å². The van der Waals surface area contributed by atoms with Gasteiger partial charge < -0.3 is 15.4 Å². The molecule has 1 aromatic carbocycles. The van der Waals surface area contributed by atoms with E-state index in [1.165, 1.54) is 0 Å². The summed E-state index contributed by atoms with van der Waals surface area (Å²) >= 11 is 0. The molecule has 0 atom stereocenters. The zero-order valence-electron chi connectivity index (χ0n) is 12.2. The molecule has 0 unspecified atom stereocenters. The Bertz CT molecular complexity index is 615. The number of phenols is 1. The Morgan fingerprint density at radius 1 is 1.38 bits per heavy atom. The Morgan fingerprint density at radius 3 is 2.81 bits per heavy atom. The van der Waals surface area contributed by atoms with E-state index >= 15 is 0 Å². The van der Waals surface area contributed by atoms with Gasteiger partial charge in [-0.3, -0.25) is 0 Å². The molecule has 2 aromatic rings. The van der Waals surface area contributed by atoms with Crippen molar-refractivity contribution in [3.8, 4) is 17.1 Å². The normalized spacial score (nSPS) is 25.9. The molecule has 0 saturated heterocycles. The van der Waals surface area contributed by atoms with E-state index in [4.69, 9.17) is 10.3 Å². The van der Waals surface area contributed by atoms with Gasteiger partial charge in [0.25, 0.3) is 0 Å². The Kier molecular flexibility index (Phi) is 3.68. The monoisotopic (exact) mass is 287 g/mol. The molecule has 0 spiro atoms. The maximum Gasteiger partial charge on any atom is 0.234 e. The van der Waals surface area contributed by atoms with Crippen molar-refractivity contribution in [3.05, 3.63) is 30.2 Å². The van der Waals surface area contributed by atoms with E-state index in [1.54, 1.807) is 18.2 Å². The van der Waals surface area contributed by atoms with Gasteiger partial charge in [-0.25, -0.2) is 0 Å². The molecular weight excluding hydrogens is 266 g/mol. The van der Waals surface area contributed by atoms with E-state index in [1.807, 2.05) is 6.07 Å². The molecule has 112 valence electrons. The van der Waals surface area contributed by atoms with Crippen LogP contribution in [0.2, 0.25) is 0 Å². The first-order valence-electron chi connectivity index (χ1n) is 7.47. The molecule has 0 aliphatic heterocycles. The lowest BCUT2D eigenvalue weighted by molar-refractivity contribution is 0.191. The van der Waals surface area contributed by atoms with E-state index in [9.17, 15) is 5.11 Å². The van der Waals surface area contributed by atoms with Crippen LogP contribution in [0.1, 0.15) is 38.5 Å². The molecule has 3 N–H and O–H groups in total. The minimum atomic E-state index is -0.186. The molecular formula is C16H21N3O2. The highest BCUT2D eigenvalue weighted by atomic mass is 16.5. The molecule has 1 heterocycles. The molecule has 1 aliphatic carbocycles. The predicted molar refractivity (Wildman–Crippen MR) is 79.8 cm³/mol. The molecule has 1 fully saturated rings. The second kappa shape index (κ2) is 5.48. The predicted octanol–water partition coefficient (Wildman–Crippen LogP) is 2.85. The number of hydrogen-bond donors (Lipinski definition) is 2. The fourth-order valence-corrected chi connectivity index (χ4v) is 3.02. The van der Waals surface area contributed by atoms with Crippen molar-refractivity contribution in [1.82, 2.24) is 10.1 Å². The van der Waals surface area contributed by atoms with Crippen molar-refractivity contribution in [2.75, 3.05) is 6.54 Å². The largest absolute Gasteiger partial charge is 0.508 e.